The minimum Gasteiger partial charge on any atom is -0.481 e. The molecular weight excluding hydrogens is 284 g/mol. The van der Waals surface area contributed by atoms with Crippen LogP contribution in [-0.2, 0) is 4.79 Å². The van der Waals surface area contributed by atoms with Gasteiger partial charge in [-0.1, -0.05) is 32.1 Å². The van der Waals surface area contributed by atoms with Crippen LogP contribution in [0.1, 0.15) is 64.2 Å². The normalized spacial score (nSPS) is 34.0. The van der Waals surface area contributed by atoms with E-state index in [1.807, 2.05) is 0 Å². The molecule has 0 aromatic heterocycles. The molecule has 6 nitrogen and oxygen atoms in total. The number of nitrogens with zero attached hydrogens (tertiary/aromatic N) is 1. The minimum atomic E-state index is -0.901. The first-order valence-electron chi connectivity index (χ1n) is 8.52. The summed E-state index contributed by atoms with van der Waals surface area (Å²) >= 11 is 0. The molecule has 3 atom stereocenters. The van der Waals surface area contributed by atoms with Crippen LogP contribution in [0.25, 0.3) is 0 Å². The van der Waals surface area contributed by atoms with Crippen molar-refractivity contribution in [2.45, 2.75) is 70.3 Å². The standard InChI is InChI=1S/C10H15NO4.C6H13N/c12-9(13)5-10(6-11(14)15)4-7-2-1-3-8(7)10;7-6-4-2-1-3-5-6/h7-8H,1-6H2,(H,12,13);6H,1-5,7H2. The summed E-state index contributed by atoms with van der Waals surface area (Å²) in [4.78, 5) is 21.0. The number of hydrogen-bond donors (Lipinski definition) is 2. The van der Waals surface area contributed by atoms with Gasteiger partial charge in [-0.25, -0.2) is 0 Å². The van der Waals surface area contributed by atoms with Crippen molar-refractivity contribution >= 4 is 5.97 Å². The predicted octanol–water partition coefficient (Wildman–Crippen LogP) is 2.82. The second-order valence-electron chi connectivity index (χ2n) is 7.32. The molecule has 0 aromatic carbocycles. The van der Waals surface area contributed by atoms with E-state index in [4.69, 9.17) is 10.8 Å². The topological polar surface area (TPSA) is 106 Å². The lowest BCUT2D eigenvalue weighted by Crippen LogP contribution is -2.50. The average Bonchev–Trinajstić information content (AvgIpc) is 2.81. The summed E-state index contributed by atoms with van der Waals surface area (Å²) in [5, 5.41) is 19.4. The molecule has 0 saturated heterocycles. The molecule has 0 aromatic rings. The van der Waals surface area contributed by atoms with Gasteiger partial charge < -0.3 is 10.8 Å². The Morgan fingerprint density at radius 2 is 1.86 bits per heavy atom. The fourth-order valence-electron chi connectivity index (χ4n) is 4.73. The Hall–Kier alpha value is -1.17. The molecule has 3 rings (SSSR count). The molecule has 3 aliphatic rings. The number of nitrogens with two attached hydrogens (primary N) is 1. The van der Waals surface area contributed by atoms with Crippen LogP contribution in [0, 0.1) is 27.4 Å². The summed E-state index contributed by atoms with van der Waals surface area (Å²) in [7, 11) is 0. The van der Waals surface area contributed by atoms with Gasteiger partial charge in [0.2, 0.25) is 6.54 Å². The van der Waals surface area contributed by atoms with Crippen molar-refractivity contribution in [2.24, 2.45) is 23.0 Å². The Labute approximate surface area is 131 Å². The quantitative estimate of drug-likeness (QED) is 0.613. The maximum Gasteiger partial charge on any atom is 0.304 e. The highest BCUT2D eigenvalue weighted by Crippen LogP contribution is 2.60. The van der Waals surface area contributed by atoms with Crippen molar-refractivity contribution in [2.75, 3.05) is 6.54 Å². The molecule has 0 heterocycles. The van der Waals surface area contributed by atoms with Crippen molar-refractivity contribution in [3.8, 4) is 0 Å². The molecule has 3 unspecified atom stereocenters. The van der Waals surface area contributed by atoms with E-state index in [9.17, 15) is 14.9 Å². The molecule has 3 fully saturated rings. The van der Waals surface area contributed by atoms with Crippen LogP contribution < -0.4 is 5.73 Å². The summed E-state index contributed by atoms with van der Waals surface area (Å²) in [6, 6.07) is 0.536. The molecule has 22 heavy (non-hydrogen) atoms. The van der Waals surface area contributed by atoms with E-state index in [0.717, 1.165) is 25.7 Å². The molecule has 3 saturated carbocycles. The Balaban J connectivity index is 0.000000211. The number of rotatable bonds is 4. The van der Waals surface area contributed by atoms with Gasteiger partial charge in [-0.3, -0.25) is 14.9 Å². The molecule has 3 aliphatic carbocycles. The molecule has 126 valence electrons. The molecule has 0 aliphatic heterocycles. The summed E-state index contributed by atoms with van der Waals surface area (Å²) in [6.45, 7) is -0.166. The van der Waals surface area contributed by atoms with Gasteiger partial charge in [0.05, 0.1) is 6.42 Å². The summed E-state index contributed by atoms with van der Waals surface area (Å²) in [6.07, 6.45) is 10.6. The van der Waals surface area contributed by atoms with Crippen LogP contribution in [0.2, 0.25) is 0 Å². The summed E-state index contributed by atoms with van der Waals surface area (Å²) in [5.41, 5.74) is 5.10. The van der Waals surface area contributed by atoms with Gasteiger partial charge in [-0.05, 0) is 37.5 Å². The Bertz CT molecular complexity index is 391. The lowest BCUT2D eigenvalue weighted by atomic mass is 9.53. The lowest BCUT2D eigenvalue weighted by Gasteiger charge is -2.49. The number of carboxylic acid groups (broad SMARTS) is 1. The van der Waals surface area contributed by atoms with Gasteiger partial charge in [0.25, 0.3) is 0 Å². The first-order valence-corrected chi connectivity index (χ1v) is 8.52. The fraction of sp³-hybridized carbons (Fsp3) is 0.938. The molecule has 0 bridgehead atoms. The number of nitro groups is 1. The van der Waals surface area contributed by atoms with E-state index >= 15 is 0 Å². The largest absolute Gasteiger partial charge is 0.481 e. The minimum absolute atomic E-state index is 0.0326. The van der Waals surface area contributed by atoms with Crippen LogP contribution >= 0.6 is 0 Å². The second kappa shape index (κ2) is 7.40. The average molecular weight is 312 g/mol. The highest BCUT2D eigenvalue weighted by atomic mass is 16.6. The third-order valence-corrected chi connectivity index (χ3v) is 5.71. The zero-order valence-electron chi connectivity index (χ0n) is 13.2. The number of hydrogen-bond acceptors (Lipinski definition) is 4. The zero-order chi connectivity index (χ0) is 16.2. The van der Waals surface area contributed by atoms with Crippen molar-refractivity contribution in [3.05, 3.63) is 10.1 Å². The Kier molecular flexibility index (Phi) is 5.78. The number of carboxylic acids is 1. The monoisotopic (exact) mass is 312 g/mol. The summed E-state index contributed by atoms with van der Waals surface area (Å²) < 4.78 is 0. The van der Waals surface area contributed by atoms with Crippen molar-refractivity contribution in [3.63, 3.8) is 0 Å². The Morgan fingerprint density at radius 3 is 2.32 bits per heavy atom. The van der Waals surface area contributed by atoms with Crippen LogP contribution in [0.3, 0.4) is 0 Å². The van der Waals surface area contributed by atoms with Gasteiger partial charge in [0, 0.05) is 16.4 Å². The van der Waals surface area contributed by atoms with Gasteiger partial charge in [0.15, 0.2) is 0 Å². The fourth-order valence-corrected chi connectivity index (χ4v) is 4.73. The third kappa shape index (κ3) is 4.18. The van der Waals surface area contributed by atoms with E-state index in [0.29, 0.717) is 17.9 Å². The SMILES string of the molecule is NC1CCCCC1.O=C(O)CC1(C[N+](=O)[O-])CC2CCCC21. The van der Waals surface area contributed by atoms with Crippen LogP contribution in [0.4, 0.5) is 0 Å². The van der Waals surface area contributed by atoms with E-state index in [1.54, 1.807) is 0 Å². The van der Waals surface area contributed by atoms with Gasteiger partial charge in [0.1, 0.15) is 0 Å². The summed E-state index contributed by atoms with van der Waals surface area (Å²) in [5.74, 6) is -0.0505. The third-order valence-electron chi connectivity index (χ3n) is 5.71. The number of aliphatic carboxylic acids is 1. The molecule has 0 radical (unpaired) electrons. The van der Waals surface area contributed by atoms with E-state index in [1.165, 1.54) is 32.1 Å². The molecule has 0 amide bonds. The lowest BCUT2D eigenvalue weighted by molar-refractivity contribution is -0.506. The van der Waals surface area contributed by atoms with Gasteiger partial charge in [-0.2, -0.15) is 0 Å². The molecule has 3 N–H and O–H groups in total. The van der Waals surface area contributed by atoms with E-state index < -0.39 is 11.4 Å². The van der Waals surface area contributed by atoms with Crippen LogP contribution in [0.5, 0.6) is 0 Å². The first-order chi connectivity index (χ1) is 10.4. The molecule has 0 spiro atoms. The van der Waals surface area contributed by atoms with Crippen molar-refractivity contribution < 1.29 is 14.8 Å². The van der Waals surface area contributed by atoms with Crippen molar-refractivity contribution in [1.82, 2.24) is 0 Å². The van der Waals surface area contributed by atoms with Crippen LogP contribution in [0.15, 0.2) is 0 Å². The molecular formula is C16H28N2O4. The predicted molar refractivity (Wildman–Crippen MR) is 83.1 cm³/mol. The van der Waals surface area contributed by atoms with Gasteiger partial charge in [-0.15, -0.1) is 0 Å². The Morgan fingerprint density at radius 1 is 1.18 bits per heavy atom. The van der Waals surface area contributed by atoms with E-state index in [2.05, 4.69) is 0 Å². The molecule has 6 heteroatoms. The second-order valence-corrected chi connectivity index (χ2v) is 7.32. The van der Waals surface area contributed by atoms with Gasteiger partial charge >= 0.3 is 5.97 Å². The smallest absolute Gasteiger partial charge is 0.304 e. The van der Waals surface area contributed by atoms with E-state index in [-0.39, 0.29) is 17.9 Å². The maximum absolute atomic E-state index is 10.8. The first kappa shape index (κ1) is 17.2. The highest BCUT2D eigenvalue weighted by Gasteiger charge is 2.58. The number of carbonyl (C=O) groups is 1. The number of fused-ring (bicyclic) bond motifs is 1. The maximum atomic E-state index is 10.8. The van der Waals surface area contributed by atoms with Crippen molar-refractivity contribution in [1.29, 1.82) is 0 Å². The van der Waals surface area contributed by atoms with Crippen LogP contribution in [-0.4, -0.2) is 28.6 Å². The zero-order valence-corrected chi connectivity index (χ0v) is 13.2. The highest BCUT2D eigenvalue weighted by molar-refractivity contribution is 5.68.